The highest BCUT2D eigenvalue weighted by atomic mass is 79.9. The van der Waals surface area contributed by atoms with Crippen molar-refractivity contribution in [2.75, 3.05) is 26.0 Å². The van der Waals surface area contributed by atoms with E-state index in [0.717, 1.165) is 45.1 Å². The number of fused-ring (bicyclic) bond motifs is 2. The molecule has 0 spiro atoms. The molecule has 4 rings (SSSR count). The van der Waals surface area contributed by atoms with Gasteiger partial charge in [-0.25, -0.2) is 0 Å². The number of amides is 1. The third-order valence-corrected chi connectivity index (χ3v) is 5.38. The van der Waals surface area contributed by atoms with Crippen molar-refractivity contribution in [2.24, 2.45) is 0 Å². The summed E-state index contributed by atoms with van der Waals surface area (Å²) in [6.45, 7) is 1.78. The minimum Gasteiger partial charge on any atom is -0.345 e. The minimum atomic E-state index is -0.131. The van der Waals surface area contributed by atoms with E-state index in [1.807, 2.05) is 48.5 Å². The highest BCUT2D eigenvalue weighted by Gasteiger charge is 2.12. The van der Waals surface area contributed by atoms with Gasteiger partial charge in [-0.3, -0.25) is 9.78 Å². The van der Waals surface area contributed by atoms with Gasteiger partial charge in [0.15, 0.2) is 0 Å². The van der Waals surface area contributed by atoms with Gasteiger partial charge in [0.2, 0.25) is 0 Å². The molecule has 0 radical (unpaired) electrons. The lowest BCUT2D eigenvalue weighted by molar-refractivity contribution is 0.102. The van der Waals surface area contributed by atoms with E-state index in [0.29, 0.717) is 5.56 Å². The molecule has 28 heavy (non-hydrogen) atoms. The standard InChI is InChI=1S/C22H21BrN4O/c1-26(2)10-11-27-14-19(23)18-8-6-16(12-21(18)27)22(28)25-17-7-5-15-4-3-9-24-20(15)13-17/h3-9,12-14H,10-11H2,1-2H3,(H,25,28). The van der Waals surface area contributed by atoms with Gasteiger partial charge in [0.1, 0.15) is 0 Å². The van der Waals surface area contributed by atoms with Crippen LogP contribution in [0.15, 0.2) is 65.4 Å². The van der Waals surface area contributed by atoms with Crippen molar-refractivity contribution in [3.63, 3.8) is 0 Å². The van der Waals surface area contributed by atoms with Gasteiger partial charge < -0.3 is 14.8 Å². The van der Waals surface area contributed by atoms with E-state index in [2.05, 4.69) is 56.0 Å². The topological polar surface area (TPSA) is 50.2 Å². The number of halogens is 1. The average molecular weight is 437 g/mol. The fourth-order valence-corrected chi connectivity index (χ4v) is 3.81. The largest absolute Gasteiger partial charge is 0.345 e. The highest BCUT2D eigenvalue weighted by Crippen LogP contribution is 2.27. The molecular weight excluding hydrogens is 416 g/mol. The third-order valence-electron chi connectivity index (χ3n) is 4.75. The predicted molar refractivity (Wildman–Crippen MR) is 118 cm³/mol. The molecular formula is C22H21BrN4O. The first-order valence-electron chi connectivity index (χ1n) is 9.10. The van der Waals surface area contributed by atoms with E-state index in [1.54, 1.807) is 6.20 Å². The second-order valence-electron chi connectivity index (χ2n) is 7.07. The molecule has 5 nitrogen and oxygen atoms in total. The minimum absolute atomic E-state index is 0.131. The SMILES string of the molecule is CN(C)CCn1cc(Br)c2ccc(C(=O)Nc3ccc4cccnc4c3)cc21. The fourth-order valence-electron chi connectivity index (χ4n) is 3.23. The molecule has 0 bridgehead atoms. The Balaban J connectivity index is 1.61. The molecule has 0 unspecified atom stereocenters. The third kappa shape index (κ3) is 3.79. The molecule has 6 heteroatoms. The smallest absolute Gasteiger partial charge is 0.255 e. The van der Waals surface area contributed by atoms with Crippen LogP contribution in [0.1, 0.15) is 10.4 Å². The summed E-state index contributed by atoms with van der Waals surface area (Å²) in [7, 11) is 4.11. The van der Waals surface area contributed by atoms with Crippen molar-refractivity contribution in [3.05, 3.63) is 71.0 Å². The summed E-state index contributed by atoms with van der Waals surface area (Å²) >= 11 is 3.62. The van der Waals surface area contributed by atoms with E-state index in [4.69, 9.17) is 0 Å². The summed E-state index contributed by atoms with van der Waals surface area (Å²) in [4.78, 5) is 19.3. The number of benzene rings is 2. The molecule has 2 aromatic carbocycles. The number of pyridine rings is 1. The van der Waals surface area contributed by atoms with Gasteiger partial charge >= 0.3 is 0 Å². The van der Waals surface area contributed by atoms with Crippen LogP contribution in [0.3, 0.4) is 0 Å². The summed E-state index contributed by atoms with van der Waals surface area (Å²) in [6.07, 6.45) is 3.83. The zero-order valence-corrected chi connectivity index (χ0v) is 17.4. The molecule has 0 fully saturated rings. The molecule has 0 aliphatic heterocycles. The number of hydrogen-bond donors (Lipinski definition) is 1. The number of anilines is 1. The Kier molecular flexibility index (Phi) is 5.15. The van der Waals surface area contributed by atoms with Crippen molar-refractivity contribution < 1.29 is 4.79 Å². The van der Waals surface area contributed by atoms with Gasteiger partial charge in [0.05, 0.1) is 11.0 Å². The van der Waals surface area contributed by atoms with Crippen LogP contribution in [-0.2, 0) is 6.54 Å². The summed E-state index contributed by atoms with van der Waals surface area (Å²) in [5, 5.41) is 5.13. The zero-order chi connectivity index (χ0) is 19.7. The maximum atomic E-state index is 12.8. The summed E-state index contributed by atoms with van der Waals surface area (Å²) in [5.74, 6) is -0.131. The Morgan fingerprint density at radius 2 is 2.04 bits per heavy atom. The number of aromatic nitrogens is 2. The first-order valence-corrected chi connectivity index (χ1v) is 9.90. The Morgan fingerprint density at radius 3 is 2.86 bits per heavy atom. The highest BCUT2D eigenvalue weighted by molar-refractivity contribution is 9.10. The Morgan fingerprint density at radius 1 is 1.18 bits per heavy atom. The van der Waals surface area contributed by atoms with Gasteiger partial charge in [-0.15, -0.1) is 0 Å². The normalized spacial score (nSPS) is 11.4. The van der Waals surface area contributed by atoms with Crippen molar-refractivity contribution in [1.82, 2.24) is 14.5 Å². The van der Waals surface area contributed by atoms with Crippen LogP contribution in [0, 0.1) is 0 Å². The number of likely N-dealkylation sites (N-methyl/N-ethyl adjacent to an activating group) is 1. The van der Waals surface area contributed by atoms with E-state index in [9.17, 15) is 4.79 Å². The van der Waals surface area contributed by atoms with Crippen LogP contribution in [-0.4, -0.2) is 41.0 Å². The van der Waals surface area contributed by atoms with Crippen LogP contribution < -0.4 is 5.32 Å². The van der Waals surface area contributed by atoms with Crippen molar-refractivity contribution in [3.8, 4) is 0 Å². The molecule has 4 aromatic rings. The molecule has 1 N–H and O–H groups in total. The maximum Gasteiger partial charge on any atom is 0.255 e. The number of rotatable bonds is 5. The van der Waals surface area contributed by atoms with E-state index in [1.165, 1.54) is 0 Å². The lowest BCUT2D eigenvalue weighted by Crippen LogP contribution is -2.18. The van der Waals surface area contributed by atoms with Gasteiger partial charge in [-0.1, -0.05) is 18.2 Å². The van der Waals surface area contributed by atoms with Gasteiger partial charge in [-0.2, -0.15) is 0 Å². The number of nitrogens with zero attached hydrogens (tertiary/aromatic N) is 3. The molecule has 142 valence electrons. The monoisotopic (exact) mass is 436 g/mol. The van der Waals surface area contributed by atoms with Gasteiger partial charge in [-0.05, 0) is 60.4 Å². The second kappa shape index (κ2) is 7.73. The lowest BCUT2D eigenvalue weighted by atomic mass is 10.1. The van der Waals surface area contributed by atoms with Crippen molar-refractivity contribution in [1.29, 1.82) is 0 Å². The zero-order valence-electron chi connectivity index (χ0n) is 15.8. The molecule has 0 aliphatic carbocycles. The molecule has 0 saturated heterocycles. The van der Waals surface area contributed by atoms with E-state index >= 15 is 0 Å². The Labute approximate surface area is 172 Å². The quantitative estimate of drug-likeness (QED) is 0.490. The Bertz CT molecular complexity index is 1170. The van der Waals surface area contributed by atoms with E-state index < -0.39 is 0 Å². The van der Waals surface area contributed by atoms with Crippen LogP contribution in [0.4, 0.5) is 5.69 Å². The molecule has 1 amide bonds. The molecule has 2 aromatic heterocycles. The molecule has 0 saturated carbocycles. The molecule has 2 heterocycles. The van der Waals surface area contributed by atoms with E-state index in [-0.39, 0.29) is 5.91 Å². The fraction of sp³-hybridized carbons (Fsp3) is 0.182. The Hall–Kier alpha value is -2.70. The van der Waals surface area contributed by atoms with Gasteiger partial charge in [0, 0.05) is 52.0 Å². The molecule has 0 aliphatic rings. The second-order valence-corrected chi connectivity index (χ2v) is 7.92. The van der Waals surface area contributed by atoms with Gasteiger partial charge in [0.25, 0.3) is 5.91 Å². The summed E-state index contributed by atoms with van der Waals surface area (Å²) < 4.78 is 3.21. The number of nitrogens with one attached hydrogen (secondary N) is 1. The van der Waals surface area contributed by atoms with Crippen LogP contribution in [0.25, 0.3) is 21.8 Å². The number of hydrogen-bond acceptors (Lipinski definition) is 3. The van der Waals surface area contributed by atoms with Crippen LogP contribution in [0.5, 0.6) is 0 Å². The van der Waals surface area contributed by atoms with Crippen molar-refractivity contribution in [2.45, 2.75) is 6.54 Å². The van der Waals surface area contributed by atoms with Crippen LogP contribution >= 0.6 is 15.9 Å². The maximum absolute atomic E-state index is 12.8. The first kappa shape index (κ1) is 18.7. The van der Waals surface area contributed by atoms with Crippen LogP contribution in [0.2, 0.25) is 0 Å². The molecule has 0 atom stereocenters. The van der Waals surface area contributed by atoms with Crippen molar-refractivity contribution >= 4 is 49.3 Å². The average Bonchev–Trinajstić information content (AvgIpc) is 3.01. The lowest BCUT2D eigenvalue weighted by Gasteiger charge is -2.12. The number of carbonyl (C=O) groups is 1. The summed E-state index contributed by atoms with van der Waals surface area (Å²) in [6, 6.07) is 15.5. The summed E-state index contributed by atoms with van der Waals surface area (Å²) in [5.41, 5.74) is 3.27. The first-order chi connectivity index (χ1) is 13.5. The number of carbonyl (C=O) groups excluding carboxylic acids is 1. The predicted octanol–water partition coefficient (Wildman–Crippen LogP) is 4.77.